The van der Waals surface area contributed by atoms with Crippen LogP contribution >= 0.6 is 34.8 Å². The fourth-order valence-electron chi connectivity index (χ4n) is 8.32. The lowest BCUT2D eigenvalue weighted by Crippen LogP contribution is -2.41. The number of benzene rings is 2. The number of nitrogens with one attached hydrogen (secondary N) is 1. The Bertz CT molecular complexity index is 3000. The molecular weight excluding hydrogens is 1090 g/mol. The molecular formula is C47H54Cl3F3N12O8S2. The summed E-state index contributed by atoms with van der Waals surface area (Å²) in [6.07, 6.45) is -4.56. The number of carbonyl (C=O) groups excluding carboxylic acids is 1. The van der Waals surface area contributed by atoms with Crippen LogP contribution in [0.25, 0.3) is 11.3 Å². The molecule has 0 atom stereocenters. The summed E-state index contributed by atoms with van der Waals surface area (Å²) in [5.41, 5.74) is 1.50. The van der Waals surface area contributed by atoms with Gasteiger partial charge >= 0.3 is 6.18 Å². The molecule has 1 amide bonds. The minimum atomic E-state index is -4.56. The number of rotatable bonds is 8. The summed E-state index contributed by atoms with van der Waals surface area (Å²) in [7, 11) is -6.00. The summed E-state index contributed by atoms with van der Waals surface area (Å²) in [5, 5.41) is 3.60. The van der Waals surface area contributed by atoms with Crippen molar-refractivity contribution in [3.8, 4) is 11.3 Å². The lowest BCUT2D eigenvalue weighted by molar-refractivity contribution is -0.137. The van der Waals surface area contributed by atoms with Crippen LogP contribution in [-0.4, -0.2) is 181 Å². The van der Waals surface area contributed by atoms with Crippen LogP contribution in [0.15, 0.2) is 60.7 Å². The second-order valence-corrected chi connectivity index (χ2v) is 23.4. The highest BCUT2D eigenvalue weighted by Gasteiger charge is 2.31. The molecule has 8 heterocycles. The zero-order valence-electron chi connectivity index (χ0n) is 40.7. The maximum Gasteiger partial charge on any atom is 0.416 e. The Morgan fingerprint density at radius 1 is 0.560 bits per heavy atom. The van der Waals surface area contributed by atoms with Gasteiger partial charge in [0.05, 0.1) is 73.9 Å². The Hall–Kier alpha value is -5.41. The van der Waals surface area contributed by atoms with Gasteiger partial charge in [0.2, 0.25) is 17.2 Å². The first-order valence-corrected chi connectivity index (χ1v) is 28.7. The van der Waals surface area contributed by atoms with Crippen molar-refractivity contribution in [3.05, 3.63) is 92.9 Å². The van der Waals surface area contributed by atoms with E-state index in [4.69, 9.17) is 59.0 Å². The number of anilines is 6. The Balaban J connectivity index is 0.000000176. The smallest absolute Gasteiger partial charge is 0.378 e. The van der Waals surface area contributed by atoms with E-state index in [1.54, 1.807) is 36.4 Å². The molecule has 0 spiro atoms. The highest BCUT2D eigenvalue weighted by molar-refractivity contribution is 7.91. The molecule has 0 bridgehead atoms. The predicted octanol–water partition coefficient (Wildman–Crippen LogP) is 5.62. The van der Waals surface area contributed by atoms with Crippen LogP contribution in [0.2, 0.25) is 15.6 Å². The zero-order valence-corrected chi connectivity index (χ0v) is 44.6. The fraction of sp³-hybridized carbons (Fsp3) is 0.468. The number of hydrogen-bond acceptors (Lipinski definition) is 19. The van der Waals surface area contributed by atoms with Crippen molar-refractivity contribution in [2.45, 2.75) is 13.1 Å². The van der Waals surface area contributed by atoms with Gasteiger partial charge in [-0.25, -0.2) is 36.8 Å². The normalized spacial score (nSPS) is 18.8. The number of carbonyl (C=O) groups is 1. The molecule has 28 heteroatoms. The molecule has 0 saturated carbocycles. The van der Waals surface area contributed by atoms with E-state index in [2.05, 4.69) is 30.2 Å². The number of nitrogens with zero attached hydrogens (tertiary/aromatic N) is 11. The minimum absolute atomic E-state index is 0.0370. The molecule has 5 aromatic rings. The third kappa shape index (κ3) is 15.6. The zero-order chi connectivity index (χ0) is 53.3. The van der Waals surface area contributed by atoms with E-state index in [0.29, 0.717) is 130 Å². The van der Waals surface area contributed by atoms with Crippen LogP contribution in [0.5, 0.6) is 0 Å². The molecule has 20 nitrogen and oxygen atoms in total. The number of hydrogen-bond donors (Lipinski definition) is 1. The summed E-state index contributed by atoms with van der Waals surface area (Å²) in [5.74, 6) is 2.82. The van der Waals surface area contributed by atoms with E-state index >= 15 is 0 Å². The van der Waals surface area contributed by atoms with E-state index in [1.165, 1.54) is 12.1 Å². The van der Waals surface area contributed by atoms with Gasteiger partial charge in [0.1, 0.15) is 27.8 Å². The quantitative estimate of drug-likeness (QED) is 0.147. The number of morpholine rings is 3. The van der Waals surface area contributed by atoms with E-state index in [0.717, 1.165) is 49.7 Å². The molecule has 3 aromatic heterocycles. The molecule has 0 aliphatic carbocycles. The van der Waals surface area contributed by atoms with Crippen LogP contribution < -0.4 is 29.8 Å². The van der Waals surface area contributed by atoms with Gasteiger partial charge in [0, 0.05) is 100 Å². The first-order valence-electron chi connectivity index (χ1n) is 23.9. The topological polar surface area (TPSA) is 219 Å². The number of ether oxygens (including phenoxy) is 3. The van der Waals surface area contributed by atoms with Crippen molar-refractivity contribution in [1.82, 2.24) is 29.9 Å². The fourth-order valence-corrected chi connectivity index (χ4v) is 11.3. The molecule has 0 radical (unpaired) electrons. The van der Waals surface area contributed by atoms with Gasteiger partial charge in [-0.3, -0.25) is 4.79 Å². The van der Waals surface area contributed by atoms with E-state index < -0.39 is 37.3 Å². The third-order valence-corrected chi connectivity index (χ3v) is 16.3. The summed E-state index contributed by atoms with van der Waals surface area (Å²) in [4.78, 5) is 49.0. The lowest BCUT2D eigenvalue weighted by atomic mass is 10.0. The summed E-state index contributed by atoms with van der Waals surface area (Å²) in [6.45, 7) is 11.4. The Morgan fingerprint density at radius 3 is 1.55 bits per heavy atom. The van der Waals surface area contributed by atoms with Crippen LogP contribution in [0.1, 0.15) is 21.5 Å². The molecule has 5 saturated heterocycles. The molecule has 0 unspecified atom stereocenters. The molecule has 404 valence electrons. The Morgan fingerprint density at radius 2 is 1.03 bits per heavy atom. The van der Waals surface area contributed by atoms with Crippen molar-refractivity contribution >= 4 is 95.4 Å². The first kappa shape index (κ1) is 55.8. The SMILES string of the molecule is Cc1ccc(NC(=O)c2cccc(C(F)(F)F)c2)cc1-c1cc(N2CCS(=O)(=O)CC2)nc(N2CCOCC2)n1.Clc1cc(N2CCOCC2)nc(Cl)n1.O=S1(=O)CCN(c2cc(Cl)nc(N3CCOCC3)n2)CC1. The molecule has 5 fully saturated rings. The summed E-state index contributed by atoms with van der Waals surface area (Å²) >= 11 is 17.6. The average molecular weight is 1140 g/mol. The van der Waals surface area contributed by atoms with Gasteiger partial charge in [0.15, 0.2) is 19.7 Å². The van der Waals surface area contributed by atoms with Crippen molar-refractivity contribution in [2.24, 2.45) is 0 Å². The minimum Gasteiger partial charge on any atom is -0.378 e. The van der Waals surface area contributed by atoms with E-state index in [1.807, 2.05) is 26.5 Å². The number of aromatic nitrogens is 6. The standard InChI is InChI=1S/C27H28F3N5O4S.C12H17ClN4O3S.C8H9Cl2N3O/c1-18-5-6-21(31-25(36)19-3-2-4-20(15-19)27(28,29)30)16-22(18)23-17-24(34-9-13-40(37,38)14-10-34)33-26(32-23)35-7-11-39-12-8-35;13-10-9-11(16-3-7-21(18,19)8-4-16)15-12(14-10)17-1-5-20-6-2-17;9-6-5-7(12-8(10)11-6)13-1-3-14-4-2-13/h2-6,15-17H,7-14H2,1H3,(H,31,36);9H,1-8H2;5H,1-4H2. The molecule has 5 aliphatic rings. The van der Waals surface area contributed by atoms with Gasteiger partial charge in [-0.15, -0.1) is 0 Å². The van der Waals surface area contributed by atoms with Gasteiger partial charge in [-0.05, 0) is 54.4 Å². The monoisotopic (exact) mass is 1140 g/mol. The highest BCUT2D eigenvalue weighted by Crippen LogP contribution is 2.33. The van der Waals surface area contributed by atoms with Gasteiger partial charge in [0.25, 0.3) is 5.91 Å². The van der Waals surface area contributed by atoms with Crippen molar-refractivity contribution in [3.63, 3.8) is 0 Å². The van der Waals surface area contributed by atoms with Crippen molar-refractivity contribution in [1.29, 1.82) is 0 Å². The number of halogens is 6. The molecule has 75 heavy (non-hydrogen) atoms. The Labute approximate surface area is 447 Å². The number of alkyl halides is 3. The molecule has 2 aromatic carbocycles. The molecule has 10 rings (SSSR count). The molecule has 5 aliphatic heterocycles. The van der Waals surface area contributed by atoms with Crippen LogP contribution in [0.3, 0.4) is 0 Å². The van der Waals surface area contributed by atoms with Gasteiger partial charge < -0.3 is 44.0 Å². The largest absolute Gasteiger partial charge is 0.416 e. The van der Waals surface area contributed by atoms with Crippen molar-refractivity contribution < 1.29 is 49.0 Å². The third-order valence-electron chi connectivity index (χ3n) is 12.5. The number of aryl methyl sites for hydroxylation is 1. The van der Waals surface area contributed by atoms with Gasteiger partial charge in [-0.2, -0.15) is 23.1 Å². The van der Waals surface area contributed by atoms with E-state index in [-0.39, 0.29) is 33.9 Å². The van der Waals surface area contributed by atoms with E-state index in [9.17, 15) is 34.8 Å². The lowest BCUT2D eigenvalue weighted by Gasteiger charge is -2.31. The predicted molar refractivity (Wildman–Crippen MR) is 282 cm³/mol. The van der Waals surface area contributed by atoms with Crippen molar-refractivity contribution in [2.75, 3.05) is 158 Å². The first-order chi connectivity index (χ1) is 35.8. The summed E-state index contributed by atoms with van der Waals surface area (Å²) in [6, 6.07) is 14.6. The van der Waals surface area contributed by atoms with Crippen LogP contribution in [-0.2, 0) is 40.1 Å². The van der Waals surface area contributed by atoms with Crippen LogP contribution in [0, 0.1) is 6.92 Å². The number of amides is 1. The average Bonchev–Trinajstić information content (AvgIpc) is 3.39. The molecule has 1 N–H and O–H groups in total. The van der Waals surface area contributed by atoms with Gasteiger partial charge in [-0.1, -0.05) is 35.3 Å². The maximum absolute atomic E-state index is 13.1. The number of sulfone groups is 2. The summed E-state index contributed by atoms with van der Waals surface area (Å²) < 4.78 is 102. The Kier molecular flexibility index (Phi) is 18.4. The van der Waals surface area contributed by atoms with Crippen LogP contribution in [0.4, 0.5) is 48.2 Å². The second-order valence-electron chi connectivity index (χ2n) is 17.7. The maximum atomic E-state index is 13.1. The second kappa shape index (κ2) is 24.7. The highest BCUT2D eigenvalue weighted by atomic mass is 35.5.